The summed E-state index contributed by atoms with van der Waals surface area (Å²) in [6, 6.07) is 6.30. The van der Waals surface area contributed by atoms with E-state index in [0.29, 0.717) is 12.0 Å². The molecule has 2 heterocycles. The van der Waals surface area contributed by atoms with Crippen molar-refractivity contribution >= 4 is 29.9 Å². The zero-order chi connectivity index (χ0) is 19.9. The first kappa shape index (κ1) is 23.3. The van der Waals surface area contributed by atoms with Gasteiger partial charge in [-0.1, -0.05) is 6.92 Å². The molecule has 1 aliphatic rings. The SMILES string of the molecule is CN=C(NCCc1cc(OC)ccc1OC)N1CCC(C)C(n2ccnc2)C1.I. The Morgan fingerprint density at radius 1 is 1.31 bits per heavy atom. The predicted octanol–water partition coefficient (Wildman–Crippen LogP) is 3.22. The van der Waals surface area contributed by atoms with E-state index in [-0.39, 0.29) is 24.0 Å². The van der Waals surface area contributed by atoms with Gasteiger partial charge in [-0.05, 0) is 42.5 Å². The minimum Gasteiger partial charge on any atom is -0.497 e. The molecule has 3 rings (SSSR count). The number of hydrogen-bond donors (Lipinski definition) is 1. The van der Waals surface area contributed by atoms with E-state index in [1.807, 2.05) is 37.8 Å². The molecule has 29 heavy (non-hydrogen) atoms. The van der Waals surface area contributed by atoms with Crippen LogP contribution in [0.2, 0.25) is 0 Å². The maximum atomic E-state index is 5.48. The lowest BCUT2D eigenvalue weighted by Gasteiger charge is -2.39. The Morgan fingerprint density at radius 2 is 2.14 bits per heavy atom. The fraction of sp³-hybridized carbons (Fsp3) is 0.524. The number of nitrogens with one attached hydrogen (secondary N) is 1. The summed E-state index contributed by atoms with van der Waals surface area (Å²) >= 11 is 0. The topological polar surface area (TPSA) is 63.9 Å². The molecule has 1 aliphatic heterocycles. The zero-order valence-corrected chi connectivity index (χ0v) is 20.0. The van der Waals surface area contributed by atoms with Crippen LogP contribution >= 0.6 is 24.0 Å². The van der Waals surface area contributed by atoms with Gasteiger partial charge in [0.05, 0.1) is 26.6 Å². The van der Waals surface area contributed by atoms with Crippen molar-refractivity contribution in [2.24, 2.45) is 10.9 Å². The molecule has 2 aromatic rings. The maximum absolute atomic E-state index is 5.48. The molecule has 1 N–H and O–H groups in total. The van der Waals surface area contributed by atoms with Gasteiger partial charge in [0.25, 0.3) is 0 Å². The van der Waals surface area contributed by atoms with E-state index in [1.165, 1.54) is 0 Å². The number of likely N-dealkylation sites (tertiary alicyclic amines) is 1. The van der Waals surface area contributed by atoms with Crippen LogP contribution in [-0.2, 0) is 6.42 Å². The number of methoxy groups -OCH3 is 2. The molecule has 1 aromatic carbocycles. The van der Waals surface area contributed by atoms with Gasteiger partial charge in [-0.3, -0.25) is 4.99 Å². The lowest BCUT2D eigenvalue weighted by Crippen LogP contribution is -2.49. The van der Waals surface area contributed by atoms with Gasteiger partial charge in [0.2, 0.25) is 0 Å². The highest BCUT2D eigenvalue weighted by atomic mass is 127. The molecule has 7 nitrogen and oxygen atoms in total. The van der Waals surface area contributed by atoms with Gasteiger partial charge in [0, 0.05) is 39.1 Å². The number of aromatic nitrogens is 2. The van der Waals surface area contributed by atoms with Crippen LogP contribution < -0.4 is 14.8 Å². The quantitative estimate of drug-likeness (QED) is 0.365. The molecular formula is C21H32IN5O2. The number of benzene rings is 1. The van der Waals surface area contributed by atoms with Crippen molar-refractivity contribution in [2.75, 3.05) is 40.9 Å². The summed E-state index contributed by atoms with van der Waals surface area (Å²) in [6.45, 7) is 5.03. The van der Waals surface area contributed by atoms with E-state index in [4.69, 9.17) is 9.47 Å². The van der Waals surface area contributed by atoms with Crippen molar-refractivity contribution in [1.82, 2.24) is 19.8 Å². The van der Waals surface area contributed by atoms with E-state index in [9.17, 15) is 0 Å². The maximum Gasteiger partial charge on any atom is 0.193 e. The van der Waals surface area contributed by atoms with E-state index >= 15 is 0 Å². The van der Waals surface area contributed by atoms with E-state index in [0.717, 1.165) is 55.5 Å². The molecule has 0 radical (unpaired) electrons. The Hall–Kier alpha value is -1.97. The standard InChI is InChI=1S/C21H31N5O2.HI/c1-16-8-11-25(14-19(16)26-12-10-23-15-26)21(22-2)24-9-7-17-13-18(27-3)5-6-20(17)28-4;/h5-6,10,12-13,15-16,19H,7-9,11,14H2,1-4H3,(H,22,24);1H. The largest absolute Gasteiger partial charge is 0.497 e. The highest BCUT2D eigenvalue weighted by Crippen LogP contribution is 2.27. The van der Waals surface area contributed by atoms with Crippen LogP contribution in [0.1, 0.15) is 24.9 Å². The summed E-state index contributed by atoms with van der Waals surface area (Å²) in [4.78, 5) is 11.1. The monoisotopic (exact) mass is 513 g/mol. The number of guanidine groups is 1. The first-order valence-corrected chi connectivity index (χ1v) is 9.80. The molecule has 160 valence electrons. The Balaban J connectivity index is 0.00000300. The molecule has 0 saturated carbocycles. The van der Waals surface area contributed by atoms with Crippen LogP contribution in [0.25, 0.3) is 0 Å². The summed E-state index contributed by atoms with van der Waals surface area (Å²) in [5.41, 5.74) is 1.12. The number of halogens is 1. The van der Waals surface area contributed by atoms with Crippen LogP contribution in [0.3, 0.4) is 0 Å². The molecule has 0 amide bonds. The molecule has 1 aromatic heterocycles. The molecule has 2 unspecified atom stereocenters. The van der Waals surface area contributed by atoms with Gasteiger partial charge in [-0.25, -0.2) is 4.98 Å². The fourth-order valence-corrected chi connectivity index (χ4v) is 3.81. The number of nitrogens with zero attached hydrogens (tertiary/aromatic N) is 4. The Labute approximate surface area is 190 Å². The molecule has 0 aliphatic carbocycles. The third-order valence-corrected chi connectivity index (χ3v) is 5.50. The van der Waals surface area contributed by atoms with E-state index in [1.54, 1.807) is 14.2 Å². The number of piperidine rings is 1. The number of aliphatic imine (C=N–C) groups is 1. The average Bonchev–Trinajstić information content (AvgIpc) is 3.26. The van der Waals surface area contributed by atoms with Crippen molar-refractivity contribution in [3.8, 4) is 11.5 Å². The van der Waals surface area contributed by atoms with Crippen molar-refractivity contribution in [1.29, 1.82) is 0 Å². The summed E-state index contributed by atoms with van der Waals surface area (Å²) in [7, 11) is 5.22. The smallest absolute Gasteiger partial charge is 0.193 e. The Kier molecular flexibility index (Phi) is 9.06. The fourth-order valence-electron chi connectivity index (χ4n) is 3.81. The van der Waals surface area contributed by atoms with Gasteiger partial charge in [-0.2, -0.15) is 0 Å². The predicted molar refractivity (Wildman–Crippen MR) is 127 cm³/mol. The lowest BCUT2D eigenvalue weighted by molar-refractivity contribution is 0.189. The van der Waals surface area contributed by atoms with Crippen molar-refractivity contribution < 1.29 is 9.47 Å². The van der Waals surface area contributed by atoms with Crippen LogP contribution in [0.5, 0.6) is 11.5 Å². The molecule has 1 fully saturated rings. The van der Waals surface area contributed by atoms with E-state index < -0.39 is 0 Å². The lowest BCUT2D eigenvalue weighted by atomic mass is 9.93. The van der Waals surface area contributed by atoms with Crippen molar-refractivity contribution in [3.63, 3.8) is 0 Å². The highest BCUT2D eigenvalue weighted by molar-refractivity contribution is 14.0. The van der Waals surface area contributed by atoms with Crippen LogP contribution in [0.15, 0.2) is 41.9 Å². The average molecular weight is 513 g/mol. The second-order valence-corrected chi connectivity index (χ2v) is 7.19. The summed E-state index contributed by atoms with van der Waals surface area (Å²) in [6.07, 6.45) is 7.77. The van der Waals surface area contributed by atoms with Crippen molar-refractivity contribution in [2.45, 2.75) is 25.8 Å². The second-order valence-electron chi connectivity index (χ2n) is 7.19. The van der Waals surface area contributed by atoms with Crippen molar-refractivity contribution in [3.05, 3.63) is 42.5 Å². The normalized spacial score (nSPS) is 19.4. The Bertz CT molecular complexity index is 781. The summed E-state index contributed by atoms with van der Waals surface area (Å²) in [5.74, 6) is 3.28. The van der Waals surface area contributed by atoms with Gasteiger partial charge >= 0.3 is 0 Å². The molecular weight excluding hydrogens is 481 g/mol. The highest BCUT2D eigenvalue weighted by Gasteiger charge is 2.28. The number of imidazole rings is 1. The molecule has 0 bridgehead atoms. The molecule has 1 saturated heterocycles. The van der Waals surface area contributed by atoms with Crippen LogP contribution in [0, 0.1) is 5.92 Å². The summed E-state index contributed by atoms with van der Waals surface area (Å²) < 4.78 is 13.0. The number of rotatable bonds is 6. The second kappa shape index (κ2) is 11.3. The first-order chi connectivity index (χ1) is 13.7. The Morgan fingerprint density at radius 3 is 2.79 bits per heavy atom. The van der Waals surface area contributed by atoms with Gasteiger partial charge in [-0.15, -0.1) is 24.0 Å². The minimum atomic E-state index is 0. The van der Waals surface area contributed by atoms with Crippen LogP contribution in [-0.4, -0.2) is 61.3 Å². The summed E-state index contributed by atoms with van der Waals surface area (Å²) in [5, 5.41) is 3.51. The van der Waals surface area contributed by atoms with Gasteiger partial charge < -0.3 is 24.3 Å². The third-order valence-electron chi connectivity index (χ3n) is 5.50. The third kappa shape index (κ3) is 5.77. The zero-order valence-electron chi connectivity index (χ0n) is 17.7. The molecule has 0 spiro atoms. The minimum absolute atomic E-state index is 0. The number of hydrogen-bond acceptors (Lipinski definition) is 4. The molecule has 2 atom stereocenters. The van der Waals surface area contributed by atoms with E-state index in [2.05, 4.69) is 37.9 Å². The number of ether oxygens (including phenoxy) is 2. The van der Waals surface area contributed by atoms with Gasteiger partial charge in [0.1, 0.15) is 11.5 Å². The van der Waals surface area contributed by atoms with Gasteiger partial charge in [0.15, 0.2) is 5.96 Å². The van der Waals surface area contributed by atoms with Crippen LogP contribution in [0.4, 0.5) is 0 Å². The first-order valence-electron chi connectivity index (χ1n) is 9.80. The molecule has 8 heteroatoms.